The van der Waals surface area contributed by atoms with Gasteiger partial charge in [0.15, 0.2) is 0 Å². The lowest BCUT2D eigenvalue weighted by atomic mass is 10.0. The quantitative estimate of drug-likeness (QED) is 0.812. The van der Waals surface area contributed by atoms with E-state index in [0.717, 1.165) is 29.3 Å². The van der Waals surface area contributed by atoms with Gasteiger partial charge in [0.2, 0.25) is 0 Å². The number of rotatable bonds is 4. The van der Waals surface area contributed by atoms with Gasteiger partial charge in [-0.1, -0.05) is 25.1 Å². The first-order valence-corrected chi connectivity index (χ1v) is 9.71. The summed E-state index contributed by atoms with van der Waals surface area (Å²) in [6.45, 7) is 6.62. The Morgan fingerprint density at radius 3 is 2.43 bits per heavy atom. The standard InChI is InChI=1S/C21H28FN5O/c1-5-19-17(14-16-8-6-7-9-18(16)22)20(24-15(2)23-19)26-10-12-27(13-11-26)21(28)25(3)4/h6-9H,5,10-14H2,1-4H3. The van der Waals surface area contributed by atoms with Crippen molar-refractivity contribution < 1.29 is 9.18 Å². The topological polar surface area (TPSA) is 52.6 Å². The number of halogens is 1. The fraction of sp³-hybridized carbons (Fsp3) is 0.476. The normalized spacial score (nSPS) is 14.3. The molecule has 1 saturated heterocycles. The monoisotopic (exact) mass is 385 g/mol. The summed E-state index contributed by atoms with van der Waals surface area (Å²) in [6.07, 6.45) is 1.22. The first kappa shape index (κ1) is 20.0. The summed E-state index contributed by atoms with van der Waals surface area (Å²) in [5, 5.41) is 0. The molecule has 3 rings (SSSR count). The van der Waals surface area contributed by atoms with Gasteiger partial charge < -0.3 is 14.7 Å². The number of nitrogens with zero attached hydrogens (tertiary/aromatic N) is 5. The first-order valence-electron chi connectivity index (χ1n) is 9.71. The van der Waals surface area contributed by atoms with Crippen LogP contribution in [0.15, 0.2) is 24.3 Å². The fourth-order valence-corrected chi connectivity index (χ4v) is 3.60. The zero-order valence-electron chi connectivity index (χ0n) is 17.1. The number of aryl methyl sites for hydroxylation is 2. The molecule has 1 fully saturated rings. The van der Waals surface area contributed by atoms with Crippen molar-refractivity contribution in [2.45, 2.75) is 26.7 Å². The minimum atomic E-state index is -0.211. The molecular weight excluding hydrogens is 357 g/mol. The fourth-order valence-electron chi connectivity index (χ4n) is 3.60. The number of carbonyl (C=O) groups is 1. The molecule has 2 heterocycles. The number of hydrogen-bond donors (Lipinski definition) is 0. The van der Waals surface area contributed by atoms with Crippen LogP contribution in [0, 0.1) is 12.7 Å². The summed E-state index contributed by atoms with van der Waals surface area (Å²) in [6, 6.07) is 6.88. The van der Waals surface area contributed by atoms with Crippen molar-refractivity contribution in [2.75, 3.05) is 45.2 Å². The van der Waals surface area contributed by atoms with Crippen LogP contribution >= 0.6 is 0 Å². The van der Waals surface area contributed by atoms with Gasteiger partial charge in [0.25, 0.3) is 0 Å². The number of anilines is 1. The Labute approximate surface area is 166 Å². The molecule has 1 aliphatic rings. The van der Waals surface area contributed by atoms with Gasteiger partial charge in [0.1, 0.15) is 17.5 Å². The molecule has 0 aliphatic carbocycles. The van der Waals surface area contributed by atoms with Gasteiger partial charge >= 0.3 is 6.03 Å². The highest BCUT2D eigenvalue weighted by atomic mass is 19.1. The van der Waals surface area contributed by atoms with Crippen molar-refractivity contribution in [1.82, 2.24) is 19.8 Å². The number of hydrogen-bond acceptors (Lipinski definition) is 4. The first-order chi connectivity index (χ1) is 13.4. The van der Waals surface area contributed by atoms with Crippen molar-refractivity contribution in [3.8, 4) is 0 Å². The van der Waals surface area contributed by atoms with Crippen molar-refractivity contribution in [3.63, 3.8) is 0 Å². The van der Waals surface area contributed by atoms with Crippen LogP contribution in [0.3, 0.4) is 0 Å². The number of carbonyl (C=O) groups excluding carboxylic acids is 1. The Bertz CT molecular complexity index is 847. The molecule has 7 heteroatoms. The van der Waals surface area contributed by atoms with Crippen LogP contribution in [0.2, 0.25) is 0 Å². The van der Waals surface area contributed by atoms with Crippen LogP contribution in [0.1, 0.15) is 29.6 Å². The summed E-state index contributed by atoms with van der Waals surface area (Å²) < 4.78 is 14.3. The van der Waals surface area contributed by atoms with E-state index in [-0.39, 0.29) is 11.8 Å². The maximum atomic E-state index is 14.3. The van der Waals surface area contributed by atoms with Crippen LogP contribution in [0.4, 0.5) is 15.0 Å². The maximum absolute atomic E-state index is 14.3. The van der Waals surface area contributed by atoms with Gasteiger partial charge in [0, 0.05) is 58.0 Å². The van der Waals surface area contributed by atoms with E-state index in [1.165, 1.54) is 6.07 Å². The second kappa shape index (κ2) is 8.54. The van der Waals surface area contributed by atoms with Crippen molar-refractivity contribution >= 4 is 11.8 Å². The van der Waals surface area contributed by atoms with Gasteiger partial charge in [-0.25, -0.2) is 19.2 Å². The molecule has 2 aromatic rings. The molecular formula is C21H28FN5O. The SMILES string of the molecule is CCc1nc(C)nc(N2CCN(C(=O)N(C)C)CC2)c1Cc1ccccc1F. The minimum Gasteiger partial charge on any atom is -0.353 e. The van der Waals surface area contributed by atoms with Crippen LogP contribution in [0.5, 0.6) is 0 Å². The largest absolute Gasteiger partial charge is 0.353 e. The minimum absolute atomic E-state index is 0.0272. The average Bonchev–Trinajstić information content (AvgIpc) is 2.70. The lowest BCUT2D eigenvalue weighted by Gasteiger charge is -2.37. The number of amides is 2. The Hall–Kier alpha value is -2.70. The Morgan fingerprint density at radius 1 is 1.14 bits per heavy atom. The molecule has 0 bridgehead atoms. The van der Waals surface area contributed by atoms with Gasteiger partial charge in [-0.05, 0) is 25.0 Å². The van der Waals surface area contributed by atoms with Crippen LogP contribution in [0.25, 0.3) is 0 Å². The van der Waals surface area contributed by atoms with E-state index < -0.39 is 0 Å². The molecule has 0 radical (unpaired) electrons. The van der Waals surface area contributed by atoms with Gasteiger partial charge in [0.05, 0.1) is 0 Å². The number of urea groups is 1. The molecule has 0 N–H and O–H groups in total. The van der Waals surface area contributed by atoms with Crippen LogP contribution in [-0.4, -0.2) is 66.1 Å². The highest BCUT2D eigenvalue weighted by Gasteiger charge is 2.26. The van der Waals surface area contributed by atoms with E-state index in [2.05, 4.69) is 16.8 Å². The van der Waals surface area contributed by atoms with Crippen LogP contribution < -0.4 is 4.90 Å². The van der Waals surface area contributed by atoms with Gasteiger partial charge in [-0.15, -0.1) is 0 Å². The van der Waals surface area contributed by atoms with Gasteiger partial charge in [-0.2, -0.15) is 0 Å². The molecule has 0 unspecified atom stereocenters. The van der Waals surface area contributed by atoms with Crippen molar-refractivity contribution in [3.05, 3.63) is 52.7 Å². The summed E-state index contributed by atoms with van der Waals surface area (Å²) in [4.78, 5) is 27.2. The highest BCUT2D eigenvalue weighted by Crippen LogP contribution is 2.26. The molecule has 0 saturated carbocycles. The Morgan fingerprint density at radius 2 is 1.82 bits per heavy atom. The van der Waals surface area contributed by atoms with Gasteiger partial charge in [-0.3, -0.25) is 0 Å². The van der Waals surface area contributed by atoms with E-state index in [9.17, 15) is 9.18 Å². The predicted octanol–water partition coefficient (Wildman–Crippen LogP) is 2.88. The molecule has 0 spiro atoms. The van der Waals surface area contributed by atoms with Crippen molar-refractivity contribution in [2.24, 2.45) is 0 Å². The number of benzene rings is 1. The van der Waals surface area contributed by atoms with E-state index in [0.29, 0.717) is 38.2 Å². The molecule has 6 nitrogen and oxygen atoms in total. The third-order valence-corrected chi connectivity index (χ3v) is 5.07. The smallest absolute Gasteiger partial charge is 0.319 e. The van der Waals surface area contributed by atoms with E-state index in [1.807, 2.05) is 24.0 Å². The molecule has 0 atom stereocenters. The van der Waals surface area contributed by atoms with E-state index >= 15 is 0 Å². The molecule has 28 heavy (non-hydrogen) atoms. The highest BCUT2D eigenvalue weighted by molar-refractivity contribution is 5.74. The zero-order chi connectivity index (χ0) is 20.3. The Balaban J connectivity index is 1.90. The third kappa shape index (κ3) is 4.24. The second-order valence-corrected chi connectivity index (χ2v) is 7.29. The molecule has 1 aromatic heterocycles. The summed E-state index contributed by atoms with van der Waals surface area (Å²) in [5.41, 5.74) is 2.58. The number of piperazine rings is 1. The third-order valence-electron chi connectivity index (χ3n) is 5.07. The molecule has 2 amide bonds. The number of aromatic nitrogens is 2. The average molecular weight is 385 g/mol. The maximum Gasteiger partial charge on any atom is 0.319 e. The van der Waals surface area contributed by atoms with Crippen molar-refractivity contribution in [1.29, 1.82) is 0 Å². The zero-order valence-corrected chi connectivity index (χ0v) is 17.1. The van der Waals surface area contributed by atoms with E-state index in [4.69, 9.17) is 4.98 Å². The molecule has 1 aromatic carbocycles. The van der Waals surface area contributed by atoms with E-state index in [1.54, 1.807) is 25.1 Å². The lowest BCUT2D eigenvalue weighted by Crippen LogP contribution is -2.52. The summed E-state index contributed by atoms with van der Waals surface area (Å²) in [5.74, 6) is 1.37. The summed E-state index contributed by atoms with van der Waals surface area (Å²) in [7, 11) is 3.53. The molecule has 1 aliphatic heterocycles. The second-order valence-electron chi connectivity index (χ2n) is 7.29. The van der Waals surface area contributed by atoms with Crippen LogP contribution in [-0.2, 0) is 12.8 Å². The molecule has 150 valence electrons. The summed E-state index contributed by atoms with van der Waals surface area (Å²) >= 11 is 0. The predicted molar refractivity (Wildman–Crippen MR) is 108 cm³/mol. The Kier molecular flexibility index (Phi) is 6.11. The lowest BCUT2D eigenvalue weighted by molar-refractivity contribution is 0.168.